The van der Waals surface area contributed by atoms with E-state index in [-0.39, 0.29) is 35.8 Å². The van der Waals surface area contributed by atoms with E-state index in [0.29, 0.717) is 31.5 Å². The minimum Gasteiger partial charge on any atom is -0.355 e. The quantitative estimate of drug-likeness (QED) is 0.211. The molecule has 0 spiro atoms. The average Bonchev–Trinajstić information content (AvgIpc) is 2.69. The van der Waals surface area contributed by atoms with Crippen LogP contribution in [0.2, 0.25) is 0 Å². The largest absolute Gasteiger partial charge is 0.355 e. The molecule has 1 aliphatic rings. The minimum atomic E-state index is -3.26. The third-order valence-corrected chi connectivity index (χ3v) is 6.95. The van der Waals surface area contributed by atoms with E-state index in [1.165, 1.54) is 12.0 Å². The molecule has 1 unspecified atom stereocenters. The first-order valence-electron chi connectivity index (χ1n) is 10.7. The average molecular weight is 552 g/mol. The Kier molecular flexibility index (Phi) is 12.8. The summed E-state index contributed by atoms with van der Waals surface area (Å²) in [4.78, 5) is 6.63. The van der Waals surface area contributed by atoms with Gasteiger partial charge >= 0.3 is 0 Å². The van der Waals surface area contributed by atoms with Crippen molar-refractivity contribution in [2.24, 2.45) is 10.9 Å². The van der Waals surface area contributed by atoms with Crippen LogP contribution in [0.3, 0.4) is 0 Å². The Morgan fingerprint density at radius 1 is 1.17 bits per heavy atom. The van der Waals surface area contributed by atoms with E-state index in [2.05, 4.69) is 63.4 Å². The first-order valence-corrected chi connectivity index (χ1v) is 12.3. The highest BCUT2D eigenvalue weighted by atomic mass is 127. The van der Waals surface area contributed by atoms with E-state index < -0.39 is 10.0 Å². The molecule has 1 aromatic rings. The van der Waals surface area contributed by atoms with Gasteiger partial charge in [-0.25, -0.2) is 13.1 Å². The fourth-order valence-electron chi connectivity index (χ4n) is 3.53. The van der Waals surface area contributed by atoms with Gasteiger partial charge in [0.2, 0.25) is 10.0 Å². The van der Waals surface area contributed by atoms with Crippen molar-refractivity contribution < 1.29 is 8.42 Å². The number of aliphatic imine (C=N–C) groups is 1. The molecule has 172 valence electrons. The predicted molar refractivity (Wildman–Crippen MR) is 136 cm³/mol. The van der Waals surface area contributed by atoms with E-state index >= 15 is 0 Å². The van der Waals surface area contributed by atoms with Crippen molar-refractivity contribution in [1.82, 2.24) is 20.3 Å². The molecule has 1 aliphatic carbocycles. The Bertz CT molecular complexity index is 722. The zero-order valence-corrected chi connectivity index (χ0v) is 21.6. The molecule has 0 aromatic heterocycles. The van der Waals surface area contributed by atoms with Crippen molar-refractivity contribution in [1.29, 1.82) is 0 Å². The van der Waals surface area contributed by atoms with Gasteiger partial charge in [-0.15, -0.1) is 24.0 Å². The van der Waals surface area contributed by atoms with Gasteiger partial charge in [0, 0.05) is 26.7 Å². The fraction of sp³-hybridized carbons (Fsp3) is 0.667. The van der Waals surface area contributed by atoms with Gasteiger partial charge in [-0.1, -0.05) is 50.6 Å². The second-order valence-corrected chi connectivity index (χ2v) is 9.42. The Labute approximate surface area is 199 Å². The van der Waals surface area contributed by atoms with Gasteiger partial charge in [0.05, 0.1) is 11.8 Å². The lowest BCUT2D eigenvalue weighted by molar-refractivity contribution is 0.219. The van der Waals surface area contributed by atoms with Gasteiger partial charge in [0.1, 0.15) is 0 Å². The summed E-state index contributed by atoms with van der Waals surface area (Å²) in [5, 5.41) is 6.48. The van der Waals surface area contributed by atoms with Crippen LogP contribution >= 0.6 is 24.0 Å². The summed E-state index contributed by atoms with van der Waals surface area (Å²) in [6.07, 6.45) is 3.48. The fourth-order valence-corrected chi connectivity index (χ4v) is 4.53. The molecule has 1 fully saturated rings. The van der Waals surface area contributed by atoms with Crippen LogP contribution in [0.15, 0.2) is 35.3 Å². The predicted octanol–water partition coefficient (Wildman–Crippen LogP) is 2.57. The molecular formula is C21H38IN5O2S. The molecule has 3 N–H and O–H groups in total. The Balaban J connectivity index is 0.00000450. The van der Waals surface area contributed by atoms with Crippen LogP contribution in [-0.2, 0) is 10.0 Å². The van der Waals surface area contributed by atoms with Crippen LogP contribution in [0.1, 0.15) is 44.7 Å². The van der Waals surface area contributed by atoms with Crippen molar-refractivity contribution in [2.75, 3.05) is 45.5 Å². The highest BCUT2D eigenvalue weighted by Crippen LogP contribution is 2.25. The third-order valence-electron chi connectivity index (χ3n) is 5.60. The zero-order valence-electron chi connectivity index (χ0n) is 18.4. The molecule has 1 atom stereocenters. The molecular weight excluding hydrogens is 513 g/mol. The van der Waals surface area contributed by atoms with Crippen LogP contribution in [-0.4, -0.2) is 64.8 Å². The van der Waals surface area contributed by atoms with Crippen LogP contribution in [0.5, 0.6) is 0 Å². The second kappa shape index (κ2) is 14.2. The summed E-state index contributed by atoms with van der Waals surface area (Å²) in [6.45, 7) is 7.81. The zero-order chi connectivity index (χ0) is 21.1. The van der Waals surface area contributed by atoms with Gasteiger partial charge in [-0.05, 0) is 37.4 Å². The smallest absolute Gasteiger partial charge is 0.213 e. The molecule has 0 saturated heterocycles. The van der Waals surface area contributed by atoms with E-state index in [0.717, 1.165) is 25.9 Å². The number of guanidine groups is 1. The number of halogens is 1. The molecule has 1 saturated carbocycles. The van der Waals surface area contributed by atoms with Gasteiger partial charge in [-0.3, -0.25) is 9.89 Å². The molecule has 0 bridgehead atoms. The molecule has 1 aromatic carbocycles. The maximum atomic E-state index is 12.1. The van der Waals surface area contributed by atoms with Gasteiger partial charge < -0.3 is 10.6 Å². The van der Waals surface area contributed by atoms with Crippen molar-refractivity contribution >= 4 is 40.0 Å². The standard InChI is InChI=1S/C21H37N5O2S.HI/c1-4-26(5-2)20(19-12-7-6-8-13-19)17-24-21(22-3)23-14-15-29(27,28)25-16-18-10-9-11-18;/h6-8,12-13,18,20,25H,4-5,9-11,14-17H2,1-3H3,(H2,22,23,24);1H. The number of nitrogens with zero attached hydrogens (tertiary/aromatic N) is 2. The van der Waals surface area contributed by atoms with Gasteiger partial charge in [0.25, 0.3) is 0 Å². The van der Waals surface area contributed by atoms with Crippen molar-refractivity contribution in [2.45, 2.75) is 39.2 Å². The Morgan fingerprint density at radius 2 is 1.83 bits per heavy atom. The normalized spacial score (nSPS) is 15.9. The van der Waals surface area contributed by atoms with Crippen LogP contribution < -0.4 is 15.4 Å². The minimum absolute atomic E-state index is 0. The topological polar surface area (TPSA) is 85.8 Å². The molecule has 7 nitrogen and oxygen atoms in total. The molecule has 9 heteroatoms. The third kappa shape index (κ3) is 9.07. The maximum absolute atomic E-state index is 12.1. The number of rotatable bonds is 12. The summed E-state index contributed by atoms with van der Waals surface area (Å²) in [6, 6.07) is 10.6. The number of hydrogen-bond acceptors (Lipinski definition) is 4. The molecule has 2 rings (SSSR count). The lowest BCUT2D eigenvalue weighted by atomic mass is 9.86. The first-order chi connectivity index (χ1) is 14.0. The van der Waals surface area contributed by atoms with Crippen molar-refractivity contribution in [3.8, 4) is 0 Å². The lowest BCUT2D eigenvalue weighted by Gasteiger charge is -2.30. The van der Waals surface area contributed by atoms with Crippen LogP contribution in [0.25, 0.3) is 0 Å². The number of benzene rings is 1. The highest BCUT2D eigenvalue weighted by Gasteiger charge is 2.20. The monoisotopic (exact) mass is 551 g/mol. The van der Waals surface area contributed by atoms with Gasteiger partial charge in [-0.2, -0.15) is 0 Å². The Morgan fingerprint density at radius 3 is 2.37 bits per heavy atom. The Hall–Kier alpha value is -0.910. The number of hydrogen-bond donors (Lipinski definition) is 3. The number of nitrogens with one attached hydrogen (secondary N) is 3. The van der Waals surface area contributed by atoms with Crippen molar-refractivity contribution in [3.05, 3.63) is 35.9 Å². The molecule has 0 amide bonds. The molecule has 30 heavy (non-hydrogen) atoms. The SMILES string of the molecule is CCN(CC)C(CNC(=NC)NCCS(=O)(=O)NCC1CCC1)c1ccccc1.I. The van der Waals surface area contributed by atoms with E-state index in [1.807, 2.05) is 6.07 Å². The van der Waals surface area contributed by atoms with Gasteiger partial charge in [0.15, 0.2) is 5.96 Å². The lowest BCUT2D eigenvalue weighted by Crippen LogP contribution is -2.45. The summed E-state index contributed by atoms with van der Waals surface area (Å²) in [7, 11) is -1.55. The second-order valence-electron chi connectivity index (χ2n) is 7.49. The summed E-state index contributed by atoms with van der Waals surface area (Å²) < 4.78 is 27.0. The highest BCUT2D eigenvalue weighted by molar-refractivity contribution is 14.0. The molecule has 0 aliphatic heterocycles. The summed E-state index contributed by atoms with van der Waals surface area (Å²) in [5.74, 6) is 1.17. The van der Waals surface area contributed by atoms with Crippen LogP contribution in [0, 0.1) is 5.92 Å². The van der Waals surface area contributed by atoms with E-state index in [9.17, 15) is 8.42 Å². The van der Waals surface area contributed by atoms with E-state index in [1.54, 1.807) is 7.05 Å². The number of likely N-dealkylation sites (N-methyl/N-ethyl adjacent to an activating group) is 1. The first kappa shape index (κ1) is 27.1. The molecule has 0 radical (unpaired) electrons. The van der Waals surface area contributed by atoms with Crippen LogP contribution in [0.4, 0.5) is 0 Å². The number of sulfonamides is 1. The maximum Gasteiger partial charge on any atom is 0.213 e. The van der Waals surface area contributed by atoms with Crippen molar-refractivity contribution in [3.63, 3.8) is 0 Å². The summed E-state index contributed by atoms with van der Waals surface area (Å²) in [5.41, 5.74) is 1.25. The van der Waals surface area contributed by atoms with E-state index in [4.69, 9.17) is 0 Å². The summed E-state index contributed by atoms with van der Waals surface area (Å²) >= 11 is 0. The molecule has 0 heterocycles.